The molecular weight excluding hydrogens is 228 g/mol. The first kappa shape index (κ1) is 12.7. The number of rotatable bonds is 3. The first-order valence-corrected chi connectivity index (χ1v) is 6.34. The summed E-state index contributed by atoms with van der Waals surface area (Å²) in [4.78, 5) is 13.7. The number of carbonyl (C=O) groups excluding carboxylic acids is 1. The van der Waals surface area contributed by atoms with Crippen molar-refractivity contribution >= 4 is 11.6 Å². The second-order valence-corrected chi connectivity index (χ2v) is 4.76. The largest absolute Gasteiger partial charge is 0.495 e. The molecule has 2 atom stereocenters. The maximum Gasteiger partial charge on any atom is 0.222 e. The van der Waals surface area contributed by atoms with Crippen LogP contribution in [0.5, 0.6) is 5.75 Å². The van der Waals surface area contributed by atoms with Crippen LogP contribution in [0.3, 0.4) is 0 Å². The molecule has 2 unspecified atom stereocenters. The normalized spacial score (nSPS) is 23.8. The van der Waals surface area contributed by atoms with Gasteiger partial charge in [-0.1, -0.05) is 12.1 Å². The molecule has 1 aromatic carbocycles. The molecule has 1 aliphatic rings. The minimum atomic E-state index is -0.206. The van der Waals surface area contributed by atoms with Crippen LogP contribution in [0, 0.1) is 5.92 Å². The number of benzene rings is 1. The number of ether oxygens (including phenoxy) is 1. The molecule has 18 heavy (non-hydrogen) atoms. The lowest BCUT2D eigenvalue weighted by atomic mass is 9.89. The van der Waals surface area contributed by atoms with E-state index in [2.05, 4.69) is 11.8 Å². The predicted octanol–water partition coefficient (Wildman–Crippen LogP) is 1.79. The highest BCUT2D eigenvalue weighted by Crippen LogP contribution is 2.34. The lowest BCUT2D eigenvalue weighted by molar-refractivity contribution is -0.122. The third-order valence-corrected chi connectivity index (χ3v) is 3.75. The summed E-state index contributed by atoms with van der Waals surface area (Å²) in [5.41, 5.74) is 6.51. The fourth-order valence-corrected chi connectivity index (χ4v) is 2.73. The zero-order chi connectivity index (χ0) is 13.1. The minimum Gasteiger partial charge on any atom is -0.495 e. The van der Waals surface area contributed by atoms with Crippen molar-refractivity contribution in [2.45, 2.75) is 25.8 Å². The zero-order valence-corrected chi connectivity index (χ0v) is 10.9. The van der Waals surface area contributed by atoms with Crippen LogP contribution in [0.25, 0.3) is 0 Å². The van der Waals surface area contributed by atoms with E-state index < -0.39 is 0 Å². The van der Waals surface area contributed by atoms with E-state index >= 15 is 0 Å². The van der Waals surface area contributed by atoms with Gasteiger partial charge in [-0.05, 0) is 31.9 Å². The molecule has 2 rings (SSSR count). The van der Waals surface area contributed by atoms with Gasteiger partial charge in [-0.15, -0.1) is 0 Å². The van der Waals surface area contributed by atoms with Crippen molar-refractivity contribution in [3.63, 3.8) is 0 Å². The summed E-state index contributed by atoms with van der Waals surface area (Å²) < 4.78 is 5.38. The lowest BCUT2D eigenvalue weighted by Crippen LogP contribution is -2.48. The van der Waals surface area contributed by atoms with Crippen molar-refractivity contribution in [2.75, 3.05) is 18.6 Å². The molecule has 0 aliphatic carbocycles. The highest BCUT2D eigenvalue weighted by Gasteiger charge is 2.32. The van der Waals surface area contributed by atoms with E-state index in [4.69, 9.17) is 10.5 Å². The van der Waals surface area contributed by atoms with E-state index in [0.29, 0.717) is 0 Å². The number of hydrogen-bond acceptors (Lipinski definition) is 3. The molecule has 0 radical (unpaired) electrons. The Morgan fingerprint density at radius 1 is 1.44 bits per heavy atom. The van der Waals surface area contributed by atoms with E-state index in [1.165, 1.54) is 0 Å². The Hall–Kier alpha value is -1.71. The van der Waals surface area contributed by atoms with Gasteiger partial charge in [0.15, 0.2) is 0 Å². The van der Waals surface area contributed by atoms with Gasteiger partial charge in [0.05, 0.1) is 18.7 Å². The maximum atomic E-state index is 11.5. The van der Waals surface area contributed by atoms with Crippen molar-refractivity contribution in [3.05, 3.63) is 24.3 Å². The molecule has 0 bridgehead atoms. The molecule has 98 valence electrons. The fourth-order valence-electron chi connectivity index (χ4n) is 2.73. The van der Waals surface area contributed by atoms with Crippen molar-refractivity contribution in [3.8, 4) is 5.75 Å². The van der Waals surface area contributed by atoms with Crippen LogP contribution in [-0.4, -0.2) is 25.6 Å². The Kier molecular flexibility index (Phi) is 3.75. The summed E-state index contributed by atoms with van der Waals surface area (Å²) in [6, 6.07) is 8.02. The van der Waals surface area contributed by atoms with Gasteiger partial charge in [-0.25, -0.2) is 0 Å². The van der Waals surface area contributed by atoms with Gasteiger partial charge in [-0.3, -0.25) is 4.79 Å². The number of amides is 1. The molecule has 0 spiro atoms. The topological polar surface area (TPSA) is 55.6 Å². The second kappa shape index (κ2) is 5.29. The van der Waals surface area contributed by atoms with Crippen LogP contribution in [-0.2, 0) is 4.79 Å². The number of piperidine rings is 1. The monoisotopic (exact) mass is 248 g/mol. The standard InChI is InChI=1S/C14H20N2O2/c1-10-11(14(15)17)6-5-9-16(10)12-7-3-4-8-13(12)18-2/h3-4,7-8,10-11H,5-6,9H2,1-2H3,(H2,15,17). The zero-order valence-electron chi connectivity index (χ0n) is 10.9. The smallest absolute Gasteiger partial charge is 0.222 e. The van der Waals surface area contributed by atoms with Crippen molar-refractivity contribution in [2.24, 2.45) is 11.7 Å². The fraction of sp³-hybridized carbons (Fsp3) is 0.500. The average molecular weight is 248 g/mol. The van der Waals surface area contributed by atoms with E-state index in [1.54, 1.807) is 7.11 Å². The Morgan fingerprint density at radius 2 is 2.17 bits per heavy atom. The number of carbonyl (C=O) groups is 1. The van der Waals surface area contributed by atoms with Gasteiger partial charge in [0.2, 0.25) is 5.91 Å². The van der Waals surface area contributed by atoms with Gasteiger partial charge in [-0.2, -0.15) is 0 Å². The lowest BCUT2D eigenvalue weighted by Gasteiger charge is -2.40. The summed E-state index contributed by atoms with van der Waals surface area (Å²) in [7, 11) is 1.67. The number of hydrogen-bond donors (Lipinski definition) is 1. The van der Waals surface area contributed by atoms with Crippen LogP contribution in [0.1, 0.15) is 19.8 Å². The summed E-state index contributed by atoms with van der Waals surface area (Å²) in [5.74, 6) is 0.556. The summed E-state index contributed by atoms with van der Waals surface area (Å²) in [6.45, 7) is 2.99. The molecule has 1 saturated heterocycles. The van der Waals surface area contributed by atoms with E-state index in [1.807, 2.05) is 24.3 Å². The molecule has 1 aliphatic heterocycles. The summed E-state index contributed by atoms with van der Waals surface area (Å²) >= 11 is 0. The van der Waals surface area contributed by atoms with E-state index in [0.717, 1.165) is 30.8 Å². The van der Waals surface area contributed by atoms with Crippen molar-refractivity contribution in [1.82, 2.24) is 0 Å². The van der Waals surface area contributed by atoms with Crippen LogP contribution in [0.4, 0.5) is 5.69 Å². The van der Waals surface area contributed by atoms with Crippen LogP contribution >= 0.6 is 0 Å². The molecule has 4 heteroatoms. The van der Waals surface area contributed by atoms with Crippen molar-refractivity contribution < 1.29 is 9.53 Å². The molecule has 0 saturated carbocycles. The van der Waals surface area contributed by atoms with Gasteiger partial charge >= 0.3 is 0 Å². The maximum absolute atomic E-state index is 11.5. The predicted molar refractivity (Wildman–Crippen MR) is 71.7 cm³/mol. The summed E-state index contributed by atoms with van der Waals surface area (Å²) in [5, 5.41) is 0. The van der Waals surface area contributed by atoms with Gasteiger partial charge in [0.25, 0.3) is 0 Å². The third-order valence-electron chi connectivity index (χ3n) is 3.75. The molecular formula is C14H20N2O2. The van der Waals surface area contributed by atoms with Gasteiger partial charge in [0.1, 0.15) is 5.75 Å². The minimum absolute atomic E-state index is 0.0799. The first-order valence-electron chi connectivity index (χ1n) is 6.34. The number of nitrogens with two attached hydrogens (primary N) is 1. The van der Waals surface area contributed by atoms with Crippen LogP contribution < -0.4 is 15.4 Å². The van der Waals surface area contributed by atoms with E-state index in [-0.39, 0.29) is 17.9 Å². The number of anilines is 1. The molecule has 1 fully saturated rings. The highest BCUT2D eigenvalue weighted by molar-refractivity contribution is 5.78. The van der Waals surface area contributed by atoms with Gasteiger partial charge in [0, 0.05) is 12.6 Å². The van der Waals surface area contributed by atoms with Crippen molar-refractivity contribution in [1.29, 1.82) is 0 Å². The second-order valence-electron chi connectivity index (χ2n) is 4.76. The number of methoxy groups -OCH3 is 1. The quantitative estimate of drug-likeness (QED) is 0.887. The molecule has 2 N–H and O–H groups in total. The van der Waals surface area contributed by atoms with E-state index in [9.17, 15) is 4.79 Å². The molecule has 1 heterocycles. The Balaban J connectivity index is 2.29. The average Bonchev–Trinajstić information content (AvgIpc) is 2.38. The van der Waals surface area contributed by atoms with Gasteiger partial charge < -0.3 is 15.4 Å². The molecule has 4 nitrogen and oxygen atoms in total. The number of primary amides is 1. The Labute approximate surface area is 108 Å². The summed E-state index contributed by atoms with van der Waals surface area (Å²) in [6.07, 6.45) is 1.86. The SMILES string of the molecule is COc1ccccc1N1CCCC(C(N)=O)C1C. The molecule has 0 aromatic heterocycles. The Morgan fingerprint density at radius 3 is 2.83 bits per heavy atom. The molecule has 1 amide bonds. The van der Waals surface area contributed by atoms with Crippen LogP contribution in [0.15, 0.2) is 24.3 Å². The first-order chi connectivity index (χ1) is 8.65. The number of para-hydroxylation sites is 2. The van der Waals surface area contributed by atoms with Crippen LogP contribution in [0.2, 0.25) is 0 Å². The molecule has 1 aromatic rings. The Bertz CT molecular complexity index is 434. The third kappa shape index (κ3) is 2.28. The number of nitrogens with zero attached hydrogens (tertiary/aromatic N) is 1. The highest BCUT2D eigenvalue weighted by atomic mass is 16.5.